The zero-order chi connectivity index (χ0) is 19.3. The number of piperidine rings is 3. The van der Waals surface area contributed by atoms with Gasteiger partial charge in [-0.05, 0) is 62.9 Å². The van der Waals surface area contributed by atoms with Crippen molar-refractivity contribution in [2.75, 3.05) is 32.7 Å². The van der Waals surface area contributed by atoms with Crippen molar-refractivity contribution in [1.29, 1.82) is 0 Å². The van der Waals surface area contributed by atoms with Crippen molar-refractivity contribution in [3.63, 3.8) is 0 Å². The van der Waals surface area contributed by atoms with Gasteiger partial charge in [-0.3, -0.25) is 4.79 Å². The van der Waals surface area contributed by atoms with Crippen molar-refractivity contribution in [3.8, 4) is 5.75 Å². The number of nitrogens with zero attached hydrogens (tertiary/aromatic N) is 1. The lowest BCUT2D eigenvalue weighted by molar-refractivity contribution is -0.133. The summed E-state index contributed by atoms with van der Waals surface area (Å²) in [5.41, 5.74) is 0. The van der Waals surface area contributed by atoms with Crippen molar-refractivity contribution in [2.24, 2.45) is 11.8 Å². The SMILES string of the molecule is O=C(CCC[C@@H]1NC[C@@H]2CNC[C@H]1C2)N1CCC(Oc2ccccc2F)CC1. The second-order valence-electron chi connectivity index (χ2n) is 8.56. The van der Waals surface area contributed by atoms with Crippen LogP contribution in [0.4, 0.5) is 4.39 Å². The highest BCUT2D eigenvalue weighted by atomic mass is 19.1. The van der Waals surface area contributed by atoms with Crippen molar-refractivity contribution in [2.45, 2.75) is 50.7 Å². The lowest BCUT2D eigenvalue weighted by atomic mass is 9.80. The van der Waals surface area contributed by atoms with Crippen LogP contribution in [0.25, 0.3) is 0 Å². The van der Waals surface area contributed by atoms with E-state index >= 15 is 0 Å². The van der Waals surface area contributed by atoms with Gasteiger partial charge in [0.2, 0.25) is 5.91 Å². The van der Waals surface area contributed by atoms with Crippen LogP contribution in [-0.2, 0) is 4.79 Å². The Hall–Kier alpha value is -1.66. The molecule has 6 heteroatoms. The molecule has 2 N–H and O–H groups in total. The van der Waals surface area contributed by atoms with E-state index < -0.39 is 0 Å². The fourth-order valence-electron chi connectivity index (χ4n) is 4.93. The molecule has 0 radical (unpaired) electrons. The fraction of sp³-hybridized carbons (Fsp3) is 0.682. The van der Waals surface area contributed by atoms with Crippen LogP contribution in [-0.4, -0.2) is 55.7 Å². The first-order valence-electron chi connectivity index (χ1n) is 10.8. The van der Waals surface area contributed by atoms with E-state index in [0.717, 1.165) is 51.2 Å². The summed E-state index contributed by atoms with van der Waals surface area (Å²) in [5.74, 6) is 1.74. The Kier molecular flexibility index (Phi) is 6.47. The molecule has 3 aliphatic rings. The molecule has 28 heavy (non-hydrogen) atoms. The molecule has 0 saturated carbocycles. The molecule has 3 heterocycles. The van der Waals surface area contributed by atoms with Crippen LogP contribution in [0.3, 0.4) is 0 Å². The maximum Gasteiger partial charge on any atom is 0.222 e. The topological polar surface area (TPSA) is 53.6 Å². The quantitative estimate of drug-likeness (QED) is 0.785. The lowest BCUT2D eigenvalue weighted by Gasteiger charge is -2.41. The predicted octanol–water partition coefficient (Wildman–Crippen LogP) is 2.56. The number of rotatable bonds is 6. The van der Waals surface area contributed by atoms with Crippen LogP contribution in [0.15, 0.2) is 24.3 Å². The van der Waals surface area contributed by atoms with E-state index in [9.17, 15) is 9.18 Å². The van der Waals surface area contributed by atoms with Gasteiger partial charge in [0.1, 0.15) is 6.10 Å². The third kappa shape index (κ3) is 4.84. The lowest BCUT2D eigenvalue weighted by Crippen LogP contribution is -2.54. The Balaban J connectivity index is 1.16. The standard InChI is InChI=1S/C22H32FN3O2/c23-19-4-1-2-6-21(19)28-18-8-10-26(11-9-18)22(27)7-3-5-20-17-12-16(14-25-20)13-24-15-17/h1-2,4,6,16-18,20,24-25H,3,5,7-15H2/t16-,17+,20-/m0/s1. The van der Waals surface area contributed by atoms with Gasteiger partial charge in [0, 0.05) is 38.4 Å². The number of nitrogens with one attached hydrogen (secondary N) is 2. The largest absolute Gasteiger partial charge is 0.487 e. The van der Waals surface area contributed by atoms with Crippen LogP contribution >= 0.6 is 0 Å². The van der Waals surface area contributed by atoms with Gasteiger partial charge in [-0.15, -0.1) is 0 Å². The predicted molar refractivity (Wildman–Crippen MR) is 107 cm³/mol. The number of carbonyl (C=O) groups is 1. The summed E-state index contributed by atoms with van der Waals surface area (Å²) in [5, 5.41) is 7.24. The molecule has 3 atom stereocenters. The highest BCUT2D eigenvalue weighted by Crippen LogP contribution is 2.27. The number of halogens is 1. The zero-order valence-electron chi connectivity index (χ0n) is 16.5. The molecule has 1 aromatic rings. The minimum atomic E-state index is -0.322. The maximum absolute atomic E-state index is 13.7. The molecule has 0 aliphatic carbocycles. The molecule has 3 fully saturated rings. The Bertz CT molecular complexity index is 663. The molecular formula is C22H32FN3O2. The summed E-state index contributed by atoms with van der Waals surface area (Å²) < 4.78 is 19.5. The Morgan fingerprint density at radius 1 is 1.18 bits per heavy atom. The molecule has 1 aromatic carbocycles. The maximum atomic E-state index is 13.7. The Labute approximate surface area is 167 Å². The number of ether oxygens (including phenoxy) is 1. The average molecular weight is 390 g/mol. The summed E-state index contributed by atoms with van der Waals surface area (Å²) >= 11 is 0. The fourth-order valence-corrected chi connectivity index (χ4v) is 4.93. The van der Waals surface area contributed by atoms with Gasteiger partial charge < -0.3 is 20.3 Å². The normalized spacial score (nSPS) is 28.2. The van der Waals surface area contributed by atoms with Crippen molar-refractivity contribution < 1.29 is 13.9 Å². The third-order valence-electron chi connectivity index (χ3n) is 6.54. The van der Waals surface area contributed by atoms with Crippen molar-refractivity contribution in [3.05, 3.63) is 30.1 Å². The number of amides is 1. The second-order valence-corrected chi connectivity index (χ2v) is 8.56. The Morgan fingerprint density at radius 3 is 2.82 bits per heavy atom. The first-order valence-corrected chi connectivity index (χ1v) is 10.8. The van der Waals surface area contributed by atoms with Gasteiger partial charge in [-0.1, -0.05) is 12.1 Å². The number of benzene rings is 1. The molecule has 1 amide bonds. The summed E-state index contributed by atoms with van der Waals surface area (Å²) in [4.78, 5) is 14.5. The van der Waals surface area contributed by atoms with E-state index in [0.29, 0.717) is 37.2 Å². The number of carbonyl (C=O) groups excluding carboxylic acids is 1. The third-order valence-corrected chi connectivity index (χ3v) is 6.54. The first-order chi connectivity index (χ1) is 13.7. The zero-order valence-corrected chi connectivity index (χ0v) is 16.5. The number of fused-ring (bicyclic) bond motifs is 2. The highest BCUT2D eigenvalue weighted by molar-refractivity contribution is 5.76. The van der Waals surface area contributed by atoms with Crippen LogP contribution < -0.4 is 15.4 Å². The monoisotopic (exact) mass is 389 g/mol. The molecule has 0 aromatic heterocycles. The van der Waals surface area contributed by atoms with E-state index in [4.69, 9.17) is 4.74 Å². The first kappa shape index (κ1) is 19.6. The van der Waals surface area contributed by atoms with Gasteiger partial charge in [-0.2, -0.15) is 0 Å². The van der Waals surface area contributed by atoms with Crippen molar-refractivity contribution >= 4 is 5.91 Å². The summed E-state index contributed by atoms with van der Waals surface area (Å²) in [6.45, 7) is 4.77. The molecule has 0 spiro atoms. The number of para-hydroxylation sites is 1. The number of hydrogen-bond acceptors (Lipinski definition) is 4. The van der Waals surface area contributed by atoms with Gasteiger partial charge in [0.05, 0.1) is 0 Å². The van der Waals surface area contributed by atoms with E-state index in [1.165, 1.54) is 12.5 Å². The van der Waals surface area contributed by atoms with E-state index in [-0.39, 0.29) is 17.8 Å². The second kappa shape index (κ2) is 9.23. The van der Waals surface area contributed by atoms with E-state index in [1.54, 1.807) is 18.2 Å². The number of hydrogen-bond donors (Lipinski definition) is 2. The van der Waals surface area contributed by atoms with Gasteiger partial charge in [0.15, 0.2) is 11.6 Å². The van der Waals surface area contributed by atoms with E-state index in [2.05, 4.69) is 10.6 Å². The van der Waals surface area contributed by atoms with Crippen LogP contribution in [0.5, 0.6) is 5.75 Å². The highest BCUT2D eigenvalue weighted by Gasteiger charge is 2.32. The molecule has 154 valence electrons. The van der Waals surface area contributed by atoms with Crippen LogP contribution in [0, 0.1) is 17.7 Å². The molecule has 4 rings (SSSR count). The van der Waals surface area contributed by atoms with Gasteiger partial charge >= 0.3 is 0 Å². The molecular weight excluding hydrogens is 357 g/mol. The van der Waals surface area contributed by atoms with Crippen LogP contribution in [0.1, 0.15) is 38.5 Å². The van der Waals surface area contributed by atoms with Gasteiger partial charge in [0.25, 0.3) is 0 Å². The molecule has 5 nitrogen and oxygen atoms in total. The van der Waals surface area contributed by atoms with Crippen molar-refractivity contribution in [1.82, 2.24) is 15.5 Å². The van der Waals surface area contributed by atoms with Crippen LogP contribution in [0.2, 0.25) is 0 Å². The summed E-state index contributed by atoms with van der Waals surface area (Å²) in [6.07, 6.45) is 5.49. The van der Waals surface area contributed by atoms with E-state index in [1.807, 2.05) is 4.90 Å². The summed E-state index contributed by atoms with van der Waals surface area (Å²) in [7, 11) is 0. The smallest absolute Gasteiger partial charge is 0.222 e. The molecule has 3 aliphatic heterocycles. The Morgan fingerprint density at radius 2 is 2.00 bits per heavy atom. The molecule has 0 unspecified atom stereocenters. The number of likely N-dealkylation sites (tertiary alicyclic amines) is 1. The minimum absolute atomic E-state index is 0.0147. The minimum Gasteiger partial charge on any atom is -0.487 e. The molecule has 3 saturated heterocycles. The van der Waals surface area contributed by atoms with Gasteiger partial charge in [-0.25, -0.2) is 4.39 Å². The molecule has 2 bridgehead atoms. The summed E-state index contributed by atoms with van der Waals surface area (Å²) in [6, 6.07) is 7.07. The average Bonchev–Trinajstić information content (AvgIpc) is 2.72.